The van der Waals surface area contributed by atoms with E-state index in [1.807, 2.05) is 0 Å². The van der Waals surface area contributed by atoms with Crippen LogP contribution in [-0.4, -0.2) is 5.11 Å². The van der Waals surface area contributed by atoms with Crippen molar-refractivity contribution in [2.24, 2.45) is 11.3 Å². The average molecular weight is 260 g/mol. The fraction of sp³-hybridized carbons (Fsp3) is 0.667. The minimum Gasteiger partial charge on any atom is -0.385 e. The van der Waals surface area contributed by atoms with E-state index in [1.54, 1.807) is 0 Å². The molecule has 1 nitrogen and oxygen atoms in total. The molecule has 1 aromatic carbocycles. The first-order chi connectivity index (χ1) is 8.72. The number of aliphatic hydroxyl groups is 1. The first-order valence-corrected chi connectivity index (χ1v) is 7.52. The van der Waals surface area contributed by atoms with Crippen LogP contribution in [0.15, 0.2) is 18.2 Å². The highest BCUT2D eigenvalue weighted by molar-refractivity contribution is 5.33. The normalized spacial score (nSPS) is 28.4. The molecule has 0 aromatic heterocycles. The summed E-state index contributed by atoms with van der Waals surface area (Å²) in [6, 6.07) is 6.42. The summed E-state index contributed by atoms with van der Waals surface area (Å²) in [5.41, 5.74) is 3.47. The van der Waals surface area contributed by atoms with E-state index in [9.17, 15) is 5.11 Å². The molecule has 106 valence electrons. The quantitative estimate of drug-likeness (QED) is 0.774. The Morgan fingerprint density at radius 2 is 1.63 bits per heavy atom. The average Bonchev–Trinajstić information content (AvgIpc) is 2.32. The summed E-state index contributed by atoms with van der Waals surface area (Å²) in [7, 11) is 0. The third-order valence-electron chi connectivity index (χ3n) is 5.08. The van der Waals surface area contributed by atoms with Gasteiger partial charge in [0.15, 0.2) is 0 Å². The van der Waals surface area contributed by atoms with Gasteiger partial charge in [0.2, 0.25) is 0 Å². The van der Waals surface area contributed by atoms with Crippen molar-refractivity contribution in [3.63, 3.8) is 0 Å². The smallest absolute Gasteiger partial charge is 0.0896 e. The topological polar surface area (TPSA) is 20.2 Å². The minimum atomic E-state index is -0.597. The highest BCUT2D eigenvalue weighted by Crippen LogP contribution is 2.45. The van der Waals surface area contributed by atoms with Gasteiger partial charge in [-0.25, -0.2) is 0 Å². The van der Waals surface area contributed by atoms with Gasteiger partial charge in [0, 0.05) is 0 Å². The molecule has 1 heteroatoms. The minimum absolute atomic E-state index is 0.366. The van der Waals surface area contributed by atoms with Gasteiger partial charge in [-0.15, -0.1) is 0 Å². The lowest BCUT2D eigenvalue weighted by atomic mass is 9.67. The van der Waals surface area contributed by atoms with Crippen LogP contribution < -0.4 is 0 Å². The number of hydrogen-bond donors (Lipinski definition) is 1. The summed E-state index contributed by atoms with van der Waals surface area (Å²) in [4.78, 5) is 0. The maximum atomic E-state index is 10.9. The summed E-state index contributed by atoms with van der Waals surface area (Å²) in [6.07, 6.45) is 4.06. The predicted molar refractivity (Wildman–Crippen MR) is 81.2 cm³/mol. The Balaban J connectivity index is 2.15. The predicted octanol–water partition coefficient (Wildman–Crippen LogP) is 4.73. The van der Waals surface area contributed by atoms with E-state index in [4.69, 9.17) is 0 Å². The molecule has 0 radical (unpaired) electrons. The van der Waals surface area contributed by atoms with Gasteiger partial charge in [0.25, 0.3) is 0 Å². The number of hydrogen-bond acceptors (Lipinski definition) is 1. The summed E-state index contributed by atoms with van der Waals surface area (Å²) in [6.45, 7) is 11.2. The Morgan fingerprint density at radius 3 is 2.11 bits per heavy atom. The van der Waals surface area contributed by atoms with Crippen LogP contribution in [0.2, 0.25) is 0 Å². The van der Waals surface area contributed by atoms with Gasteiger partial charge in [-0.2, -0.15) is 0 Å². The Labute approximate surface area is 118 Å². The molecule has 1 N–H and O–H groups in total. The lowest BCUT2D eigenvalue weighted by Crippen LogP contribution is -2.35. The maximum Gasteiger partial charge on any atom is 0.0896 e. The third-order valence-corrected chi connectivity index (χ3v) is 5.08. The monoisotopic (exact) mass is 260 g/mol. The fourth-order valence-corrected chi connectivity index (χ4v) is 3.28. The molecule has 1 aliphatic carbocycles. The number of benzene rings is 1. The van der Waals surface area contributed by atoms with E-state index in [1.165, 1.54) is 11.1 Å². The molecule has 1 fully saturated rings. The molecule has 1 aliphatic rings. The lowest BCUT2D eigenvalue weighted by Gasteiger charge is -2.41. The van der Waals surface area contributed by atoms with Crippen molar-refractivity contribution in [2.75, 3.05) is 0 Å². The van der Waals surface area contributed by atoms with Crippen LogP contribution in [0, 0.1) is 25.2 Å². The van der Waals surface area contributed by atoms with Gasteiger partial charge >= 0.3 is 0 Å². The molecular formula is C18H28O. The Morgan fingerprint density at radius 1 is 1.05 bits per heavy atom. The van der Waals surface area contributed by atoms with Crippen molar-refractivity contribution < 1.29 is 5.11 Å². The summed E-state index contributed by atoms with van der Waals surface area (Å²) < 4.78 is 0. The molecular weight excluding hydrogens is 232 g/mol. The molecule has 0 heterocycles. The Bertz CT molecular complexity index is 445. The van der Waals surface area contributed by atoms with Gasteiger partial charge in [-0.3, -0.25) is 0 Å². The molecule has 0 amide bonds. The van der Waals surface area contributed by atoms with Gasteiger partial charge in [-0.05, 0) is 67.6 Å². The van der Waals surface area contributed by atoms with Crippen molar-refractivity contribution in [1.82, 2.24) is 0 Å². The molecule has 1 saturated carbocycles. The van der Waals surface area contributed by atoms with Crippen molar-refractivity contribution in [3.8, 4) is 0 Å². The Kier molecular flexibility index (Phi) is 3.79. The number of rotatable bonds is 1. The second-order valence-electron chi connectivity index (χ2n) is 7.47. The van der Waals surface area contributed by atoms with Crippen molar-refractivity contribution >= 4 is 0 Å². The van der Waals surface area contributed by atoms with E-state index in [2.05, 4.69) is 52.8 Å². The fourth-order valence-electron chi connectivity index (χ4n) is 3.28. The SMILES string of the molecule is Cc1ccc(C2(O)CCC(C(C)(C)C)CC2)cc1C. The van der Waals surface area contributed by atoms with Crippen LogP contribution in [0.4, 0.5) is 0 Å². The zero-order valence-electron chi connectivity index (χ0n) is 13.1. The molecule has 0 unspecified atom stereocenters. The van der Waals surface area contributed by atoms with Gasteiger partial charge in [0.05, 0.1) is 5.60 Å². The zero-order valence-corrected chi connectivity index (χ0v) is 13.1. The van der Waals surface area contributed by atoms with Crippen LogP contribution in [0.5, 0.6) is 0 Å². The molecule has 0 atom stereocenters. The summed E-state index contributed by atoms with van der Waals surface area (Å²) in [5.74, 6) is 0.735. The van der Waals surface area contributed by atoms with E-state index in [-0.39, 0.29) is 0 Å². The van der Waals surface area contributed by atoms with Crippen LogP contribution in [0.1, 0.15) is 63.1 Å². The highest BCUT2D eigenvalue weighted by atomic mass is 16.3. The molecule has 0 saturated heterocycles. The molecule has 2 rings (SSSR count). The second kappa shape index (κ2) is 4.94. The van der Waals surface area contributed by atoms with E-state index >= 15 is 0 Å². The zero-order chi connectivity index (χ0) is 14.3. The van der Waals surface area contributed by atoms with E-state index in [0.29, 0.717) is 5.41 Å². The van der Waals surface area contributed by atoms with Crippen LogP contribution in [-0.2, 0) is 5.60 Å². The summed E-state index contributed by atoms with van der Waals surface area (Å²) >= 11 is 0. The second-order valence-corrected chi connectivity index (χ2v) is 7.47. The molecule has 19 heavy (non-hydrogen) atoms. The van der Waals surface area contributed by atoms with Gasteiger partial charge < -0.3 is 5.11 Å². The molecule has 1 aromatic rings. The van der Waals surface area contributed by atoms with Crippen molar-refractivity contribution in [2.45, 2.75) is 65.9 Å². The molecule has 0 spiro atoms. The lowest BCUT2D eigenvalue weighted by molar-refractivity contribution is -0.0298. The van der Waals surface area contributed by atoms with E-state index in [0.717, 1.165) is 37.2 Å². The standard InChI is InChI=1S/C18H28O/c1-13-6-7-16(12-14(13)2)18(19)10-8-15(9-11-18)17(3,4)5/h6-7,12,15,19H,8-11H2,1-5H3. The van der Waals surface area contributed by atoms with Crippen LogP contribution in [0.25, 0.3) is 0 Å². The maximum absolute atomic E-state index is 10.9. The van der Waals surface area contributed by atoms with Crippen LogP contribution in [0.3, 0.4) is 0 Å². The van der Waals surface area contributed by atoms with Gasteiger partial charge in [-0.1, -0.05) is 39.0 Å². The third kappa shape index (κ3) is 3.02. The largest absolute Gasteiger partial charge is 0.385 e. The van der Waals surface area contributed by atoms with Crippen molar-refractivity contribution in [1.29, 1.82) is 0 Å². The van der Waals surface area contributed by atoms with Gasteiger partial charge in [0.1, 0.15) is 0 Å². The summed E-state index contributed by atoms with van der Waals surface area (Å²) in [5, 5.41) is 10.9. The van der Waals surface area contributed by atoms with Crippen molar-refractivity contribution in [3.05, 3.63) is 34.9 Å². The molecule has 0 bridgehead atoms. The molecule has 0 aliphatic heterocycles. The highest BCUT2D eigenvalue weighted by Gasteiger charge is 2.38. The first-order valence-electron chi connectivity index (χ1n) is 7.52. The van der Waals surface area contributed by atoms with E-state index < -0.39 is 5.60 Å². The van der Waals surface area contributed by atoms with Crippen LogP contribution >= 0.6 is 0 Å². The first kappa shape index (κ1) is 14.6. The number of aryl methyl sites for hydroxylation is 2. The Hall–Kier alpha value is -0.820.